The summed E-state index contributed by atoms with van der Waals surface area (Å²) in [7, 11) is 0. The van der Waals surface area contributed by atoms with Gasteiger partial charge in [-0.15, -0.1) is 37.1 Å². The number of alkyl halides is 3. The number of halogens is 4. The van der Waals surface area contributed by atoms with E-state index in [0.29, 0.717) is 5.69 Å². The third kappa shape index (κ3) is 9.20. The molecule has 0 aliphatic rings. The minimum absolute atomic E-state index is 0. The molecular formula is C19H23F3IN5O2. The van der Waals surface area contributed by atoms with Gasteiger partial charge in [0, 0.05) is 11.7 Å². The van der Waals surface area contributed by atoms with Gasteiger partial charge < -0.3 is 26.4 Å². The molecule has 0 unspecified atom stereocenters. The molecule has 0 atom stereocenters. The van der Waals surface area contributed by atoms with E-state index in [2.05, 4.69) is 25.7 Å². The molecule has 0 fully saturated rings. The summed E-state index contributed by atoms with van der Waals surface area (Å²) >= 11 is 0. The Labute approximate surface area is 189 Å². The van der Waals surface area contributed by atoms with Crippen LogP contribution in [-0.2, 0) is 6.54 Å². The van der Waals surface area contributed by atoms with Crippen molar-refractivity contribution in [1.82, 2.24) is 5.32 Å². The number of carbonyl (C=O) groups is 1. The van der Waals surface area contributed by atoms with Crippen LogP contribution in [0.5, 0.6) is 5.75 Å². The van der Waals surface area contributed by atoms with Crippen LogP contribution in [-0.4, -0.2) is 24.4 Å². The smallest absolute Gasteiger partial charge is 0.404 e. The summed E-state index contributed by atoms with van der Waals surface area (Å²) in [6.07, 6.45) is -4.81. The average molecular weight is 537 g/mol. The monoisotopic (exact) mass is 537 g/mol. The summed E-state index contributed by atoms with van der Waals surface area (Å²) in [6.45, 7) is 3.90. The minimum Gasteiger partial charge on any atom is -0.404 e. The van der Waals surface area contributed by atoms with E-state index in [4.69, 9.17) is 5.73 Å². The number of benzene rings is 2. The number of hydrogen-bond donors (Lipinski definition) is 4. The quantitative estimate of drug-likeness (QED) is 0.245. The van der Waals surface area contributed by atoms with Crippen LogP contribution in [0.15, 0.2) is 53.5 Å². The van der Waals surface area contributed by atoms with Crippen LogP contribution in [0.4, 0.5) is 29.3 Å². The molecule has 0 spiro atoms. The molecule has 0 aliphatic heterocycles. The molecule has 2 rings (SSSR count). The van der Waals surface area contributed by atoms with Gasteiger partial charge >= 0.3 is 12.4 Å². The number of amides is 2. The maximum absolute atomic E-state index is 12.5. The second-order valence-electron chi connectivity index (χ2n) is 6.32. The molecule has 2 amide bonds. The molecule has 0 radical (unpaired) electrons. The first-order chi connectivity index (χ1) is 13.6. The zero-order chi connectivity index (χ0) is 21.4. The fourth-order valence-corrected chi connectivity index (χ4v) is 2.26. The van der Waals surface area contributed by atoms with Crippen molar-refractivity contribution in [2.75, 3.05) is 10.6 Å². The molecule has 2 aromatic rings. The van der Waals surface area contributed by atoms with Crippen LogP contribution < -0.4 is 26.4 Å². The molecule has 0 bridgehead atoms. The number of nitrogens with two attached hydrogens (primary N) is 1. The first-order valence-electron chi connectivity index (χ1n) is 8.70. The highest BCUT2D eigenvalue weighted by Crippen LogP contribution is 2.29. The molecule has 0 heterocycles. The Bertz CT molecular complexity index is 858. The lowest BCUT2D eigenvalue weighted by atomic mass is 10.2. The highest BCUT2D eigenvalue weighted by Gasteiger charge is 2.32. The second-order valence-corrected chi connectivity index (χ2v) is 6.32. The lowest BCUT2D eigenvalue weighted by molar-refractivity contribution is -0.274. The number of nitrogens with zero attached hydrogens (tertiary/aromatic N) is 1. The minimum atomic E-state index is -4.81. The lowest BCUT2D eigenvalue weighted by Crippen LogP contribution is -2.34. The van der Waals surface area contributed by atoms with Crippen molar-refractivity contribution < 1.29 is 22.7 Å². The molecule has 11 heteroatoms. The number of ether oxygens (including phenoxy) is 1. The van der Waals surface area contributed by atoms with Gasteiger partial charge in [0.25, 0.3) is 0 Å². The van der Waals surface area contributed by atoms with Crippen molar-refractivity contribution in [3.05, 3.63) is 54.1 Å². The zero-order valence-electron chi connectivity index (χ0n) is 16.3. The number of rotatable bonds is 6. The number of carbonyl (C=O) groups excluding carboxylic acids is 1. The number of nitrogens with one attached hydrogen (secondary N) is 3. The number of para-hydroxylation sites is 2. The predicted molar refractivity (Wildman–Crippen MR) is 121 cm³/mol. The Hall–Kier alpha value is -2.70. The Morgan fingerprint density at radius 3 is 2.33 bits per heavy atom. The van der Waals surface area contributed by atoms with Gasteiger partial charge in [0.15, 0.2) is 11.7 Å². The largest absolute Gasteiger partial charge is 0.573 e. The van der Waals surface area contributed by atoms with Gasteiger partial charge in [0.05, 0.1) is 12.2 Å². The van der Waals surface area contributed by atoms with Crippen LogP contribution in [0.25, 0.3) is 0 Å². The van der Waals surface area contributed by atoms with Gasteiger partial charge in [-0.2, -0.15) is 0 Å². The fourth-order valence-electron chi connectivity index (χ4n) is 2.26. The molecule has 0 aromatic heterocycles. The molecule has 2 aromatic carbocycles. The number of guanidine groups is 1. The highest BCUT2D eigenvalue weighted by atomic mass is 127. The Kier molecular flexibility index (Phi) is 9.69. The molecule has 164 valence electrons. The van der Waals surface area contributed by atoms with Crippen molar-refractivity contribution in [3.8, 4) is 5.75 Å². The van der Waals surface area contributed by atoms with E-state index in [-0.39, 0.29) is 54.2 Å². The van der Waals surface area contributed by atoms with E-state index in [1.165, 1.54) is 18.2 Å². The molecular weight excluding hydrogens is 514 g/mol. The van der Waals surface area contributed by atoms with Crippen LogP contribution in [0.2, 0.25) is 0 Å². The number of hydrogen-bond acceptors (Lipinski definition) is 3. The lowest BCUT2D eigenvalue weighted by Gasteiger charge is -2.14. The summed E-state index contributed by atoms with van der Waals surface area (Å²) in [4.78, 5) is 15.8. The molecule has 30 heavy (non-hydrogen) atoms. The summed E-state index contributed by atoms with van der Waals surface area (Å²) in [5, 5.41) is 8.00. The predicted octanol–water partition coefficient (Wildman–Crippen LogP) is 4.66. The van der Waals surface area contributed by atoms with E-state index in [0.717, 1.165) is 5.56 Å². The Balaban J connectivity index is 0.00000450. The first-order valence-corrected chi connectivity index (χ1v) is 8.70. The van der Waals surface area contributed by atoms with E-state index in [9.17, 15) is 18.0 Å². The normalized spacial score (nSPS) is 11.5. The highest BCUT2D eigenvalue weighted by molar-refractivity contribution is 14.0. The molecule has 7 nitrogen and oxygen atoms in total. The van der Waals surface area contributed by atoms with Gasteiger partial charge in [-0.3, -0.25) is 0 Å². The van der Waals surface area contributed by atoms with Crippen molar-refractivity contribution in [1.29, 1.82) is 0 Å². The molecule has 0 saturated carbocycles. The number of anilines is 2. The van der Waals surface area contributed by atoms with Crippen molar-refractivity contribution in [3.63, 3.8) is 0 Å². The Morgan fingerprint density at radius 2 is 1.73 bits per heavy atom. The third-order valence-electron chi connectivity index (χ3n) is 3.44. The van der Waals surface area contributed by atoms with Gasteiger partial charge in [-0.05, 0) is 43.7 Å². The van der Waals surface area contributed by atoms with Crippen LogP contribution in [0, 0.1) is 0 Å². The maximum atomic E-state index is 12.5. The van der Waals surface area contributed by atoms with E-state index in [1.807, 2.05) is 13.8 Å². The van der Waals surface area contributed by atoms with Gasteiger partial charge in [-0.1, -0.05) is 24.3 Å². The standard InChI is InChI=1S/C19H22F3N5O2.HI/c1-12(2)25-18(28)26-14-9-7-13(8-10-14)11-24-17(23)27-15-5-3-4-6-16(15)29-19(20,21)22;/h3-10,12H,11H2,1-2H3,(H3,23,24,27)(H2,25,26,28);1H. The molecule has 5 N–H and O–H groups in total. The van der Waals surface area contributed by atoms with E-state index >= 15 is 0 Å². The SMILES string of the molecule is CC(C)NC(=O)Nc1ccc(CN=C(N)Nc2ccccc2OC(F)(F)F)cc1.I. The second kappa shape index (κ2) is 11.5. The van der Waals surface area contributed by atoms with Gasteiger partial charge in [-0.25, -0.2) is 9.79 Å². The van der Waals surface area contributed by atoms with Crippen molar-refractivity contribution in [2.45, 2.75) is 32.8 Å². The number of aliphatic imine (C=N–C) groups is 1. The average Bonchev–Trinajstić information content (AvgIpc) is 2.61. The van der Waals surface area contributed by atoms with E-state index in [1.54, 1.807) is 30.3 Å². The number of urea groups is 1. The summed E-state index contributed by atoms with van der Waals surface area (Å²) < 4.78 is 41.3. The van der Waals surface area contributed by atoms with Crippen LogP contribution in [0.1, 0.15) is 19.4 Å². The summed E-state index contributed by atoms with van der Waals surface area (Å²) in [5.74, 6) is -0.477. The summed E-state index contributed by atoms with van der Waals surface area (Å²) in [6, 6.07) is 12.2. The van der Waals surface area contributed by atoms with Gasteiger partial charge in [0.1, 0.15) is 0 Å². The van der Waals surface area contributed by atoms with E-state index < -0.39 is 12.1 Å². The zero-order valence-corrected chi connectivity index (χ0v) is 18.6. The van der Waals surface area contributed by atoms with Crippen molar-refractivity contribution >= 4 is 47.3 Å². The summed E-state index contributed by atoms with van der Waals surface area (Å²) in [5.41, 5.74) is 7.22. The first kappa shape index (κ1) is 25.3. The van der Waals surface area contributed by atoms with Crippen LogP contribution >= 0.6 is 24.0 Å². The third-order valence-corrected chi connectivity index (χ3v) is 3.44. The van der Waals surface area contributed by atoms with Crippen LogP contribution in [0.3, 0.4) is 0 Å². The van der Waals surface area contributed by atoms with Crippen molar-refractivity contribution in [2.24, 2.45) is 10.7 Å². The topological polar surface area (TPSA) is 101 Å². The van der Waals surface area contributed by atoms with Gasteiger partial charge in [0.2, 0.25) is 0 Å². The molecule has 0 aliphatic carbocycles. The molecule has 0 saturated heterocycles. The maximum Gasteiger partial charge on any atom is 0.573 e. The fraction of sp³-hybridized carbons (Fsp3) is 0.263. The Morgan fingerprint density at radius 1 is 1.10 bits per heavy atom.